The van der Waals surface area contributed by atoms with Gasteiger partial charge in [0.05, 0.1) is 0 Å². The lowest BCUT2D eigenvalue weighted by atomic mass is 10.1. The average molecular weight is 290 g/mol. The van der Waals surface area contributed by atoms with Crippen LogP contribution in [0.4, 0.5) is 0 Å². The van der Waals surface area contributed by atoms with Gasteiger partial charge >= 0.3 is 0 Å². The van der Waals surface area contributed by atoms with E-state index in [0.29, 0.717) is 17.7 Å². The maximum absolute atomic E-state index is 12.0. The van der Waals surface area contributed by atoms with E-state index in [1.807, 2.05) is 13.8 Å². The highest BCUT2D eigenvalue weighted by Gasteiger charge is 2.11. The maximum Gasteiger partial charge on any atom is 0.251 e. The summed E-state index contributed by atoms with van der Waals surface area (Å²) in [6.45, 7) is 6.78. The number of hydrogen-bond donors (Lipinski definition) is 2. The number of benzene rings is 1. The molecule has 0 spiro atoms. The zero-order valence-corrected chi connectivity index (χ0v) is 13.2. The Morgan fingerprint density at radius 1 is 1.10 bits per heavy atom. The first kappa shape index (κ1) is 17.2. The van der Waals surface area contributed by atoms with E-state index in [4.69, 9.17) is 0 Å². The number of carbonyl (C=O) groups excluding carboxylic acids is 2. The molecule has 4 nitrogen and oxygen atoms in total. The van der Waals surface area contributed by atoms with Crippen molar-refractivity contribution in [2.24, 2.45) is 0 Å². The van der Waals surface area contributed by atoms with E-state index in [1.54, 1.807) is 24.3 Å². The van der Waals surface area contributed by atoms with Crippen LogP contribution in [0.5, 0.6) is 0 Å². The summed E-state index contributed by atoms with van der Waals surface area (Å²) in [5.74, 6) is -0.255. The van der Waals surface area contributed by atoms with Crippen molar-refractivity contribution in [3.8, 4) is 0 Å². The Bertz CT molecular complexity index is 472. The quantitative estimate of drug-likeness (QED) is 0.723. The third-order valence-corrected chi connectivity index (χ3v) is 3.44. The van der Waals surface area contributed by atoms with Crippen molar-refractivity contribution in [2.75, 3.05) is 6.54 Å². The smallest absolute Gasteiger partial charge is 0.251 e. The third kappa shape index (κ3) is 5.98. The zero-order valence-electron chi connectivity index (χ0n) is 13.2. The van der Waals surface area contributed by atoms with Gasteiger partial charge in [-0.05, 0) is 38.0 Å². The Labute approximate surface area is 127 Å². The highest BCUT2D eigenvalue weighted by Crippen LogP contribution is 2.06. The van der Waals surface area contributed by atoms with Crippen LogP contribution in [0.15, 0.2) is 24.3 Å². The van der Waals surface area contributed by atoms with Crippen LogP contribution < -0.4 is 10.6 Å². The van der Waals surface area contributed by atoms with Crippen molar-refractivity contribution in [1.82, 2.24) is 10.6 Å². The molecule has 0 heterocycles. The highest BCUT2D eigenvalue weighted by molar-refractivity contribution is 5.99. The number of hydrogen-bond acceptors (Lipinski definition) is 2. The van der Waals surface area contributed by atoms with Crippen LogP contribution in [0.3, 0.4) is 0 Å². The fraction of sp³-hybridized carbons (Fsp3) is 0.529. The van der Waals surface area contributed by atoms with Gasteiger partial charge in [-0.3, -0.25) is 9.59 Å². The first-order valence-electron chi connectivity index (χ1n) is 7.77. The highest BCUT2D eigenvalue weighted by atomic mass is 16.2. The summed E-state index contributed by atoms with van der Waals surface area (Å²) in [5, 5.41) is 5.78. The molecule has 0 aliphatic carbocycles. The van der Waals surface area contributed by atoms with Gasteiger partial charge in [0.15, 0.2) is 0 Å². The van der Waals surface area contributed by atoms with E-state index >= 15 is 0 Å². The van der Waals surface area contributed by atoms with Crippen molar-refractivity contribution in [3.63, 3.8) is 0 Å². The van der Waals surface area contributed by atoms with Crippen LogP contribution in [0.2, 0.25) is 0 Å². The van der Waals surface area contributed by atoms with Crippen LogP contribution in [-0.2, 0) is 0 Å². The lowest BCUT2D eigenvalue weighted by Crippen LogP contribution is -2.32. The molecule has 0 aliphatic heterocycles. The van der Waals surface area contributed by atoms with Crippen molar-refractivity contribution < 1.29 is 9.59 Å². The molecule has 0 aliphatic rings. The van der Waals surface area contributed by atoms with Gasteiger partial charge < -0.3 is 10.6 Å². The van der Waals surface area contributed by atoms with Crippen LogP contribution in [0.25, 0.3) is 0 Å². The molecule has 2 amide bonds. The second-order valence-corrected chi connectivity index (χ2v) is 5.33. The van der Waals surface area contributed by atoms with E-state index in [9.17, 15) is 9.59 Å². The molecule has 0 bridgehead atoms. The van der Waals surface area contributed by atoms with E-state index in [1.165, 1.54) is 0 Å². The van der Waals surface area contributed by atoms with Crippen LogP contribution >= 0.6 is 0 Å². The Morgan fingerprint density at radius 2 is 1.76 bits per heavy atom. The number of carbonyl (C=O) groups is 2. The van der Waals surface area contributed by atoms with E-state index < -0.39 is 0 Å². The number of nitrogens with one attached hydrogen (secondary N) is 2. The molecule has 116 valence electrons. The Hall–Kier alpha value is -1.84. The van der Waals surface area contributed by atoms with Gasteiger partial charge in [-0.2, -0.15) is 0 Å². The molecule has 1 unspecified atom stereocenters. The summed E-state index contributed by atoms with van der Waals surface area (Å²) < 4.78 is 0. The van der Waals surface area contributed by atoms with Gasteiger partial charge in [0.1, 0.15) is 0 Å². The van der Waals surface area contributed by atoms with Gasteiger partial charge in [0.25, 0.3) is 11.8 Å². The summed E-state index contributed by atoms with van der Waals surface area (Å²) >= 11 is 0. The Morgan fingerprint density at radius 3 is 2.38 bits per heavy atom. The standard InChI is InChI=1S/C17H26N2O2/c1-4-6-7-11-18-16(20)14-9-8-10-15(12-14)17(21)19-13(3)5-2/h8-10,12-13H,4-7,11H2,1-3H3,(H,18,20)(H,19,21). The lowest BCUT2D eigenvalue weighted by Gasteiger charge is -2.12. The van der Waals surface area contributed by atoms with Crippen molar-refractivity contribution in [2.45, 2.75) is 52.5 Å². The third-order valence-electron chi connectivity index (χ3n) is 3.44. The summed E-state index contributed by atoms with van der Waals surface area (Å²) in [6, 6.07) is 6.98. The number of amides is 2. The van der Waals surface area contributed by atoms with Crippen LogP contribution in [0, 0.1) is 0 Å². The molecular formula is C17H26N2O2. The predicted octanol–water partition coefficient (Wildman–Crippen LogP) is 3.13. The van der Waals surface area contributed by atoms with Gasteiger partial charge in [0, 0.05) is 23.7 Å². The molecule has 21 heavy (non-hydrogen) atoms. The number of rotatable bonds is 8. The summed E-state index contributed by atoms with van der Waals surface area (Å²) in [6.07, 6.45) is 4.10. The van der Waals surface area contributed by atoms with E-state index in [0.717, 1.165) is 25.7 Å². The first-order valence-corrected chi connectivity index (χ1v) is 7.77. The molecule has 0 saturated heterocycles. The van der Waals surface area contributed by atoms with Gasteiger partial charge in [-0.15, -0.1) is 0 Å². The lowest BCUT2D eigenvalue weighted by molar-refractivity contribution is 0.0939. The molecule has 1 atom stereocenters. The Balaban J connectivity index is 2.62. The average Bonchev–Trinajstić information content (AvgIpc) is 2.51. The second kappa shape index (κ2) is 9.16. The zero-order chi connectivity index (χ0) is 15.7. The predicted molar refractivity (Wildman–Crippen MR) is 85.5 cm³/mol. The normalized spacial score (nSPS) is 11.8. The molecule has 1 aromatic carbocycles. The summed E-state index contributed by atoms with van der Waals surface area (Å²) in [5.41, 5.74) is 1.06. The maximum atomic E-state index is 12.0. The molecule has 0 radical (unpaired) electrons. The fourth-order valence-corrected chi connectivity index (χ4v) is 1.89. The van der Waals surface area contributed by atoms with Crippen molar-refractivity contribution in [1.29, 1.82) is 0 Å². The van der Waals surface area contributed by atoms with E-state index in [-0.39, 0.29) is 17.9 Å². The molecular weight excluding hydrogens is 264 g/mol. The van der Waals surface area contributed by atoms with Gasteiger partial charge in [-0.1, -0.05) is 32.8 Å². The van der Waals surface area contributed by atoms with Crippen molar-refractivity contribution in [3.05, 3.63) is 35.4 Å². The SMILES string of the molecule is CCCCCNC(=O)c1cccc(C(=O)NC(C)CC)c1. The summed E-state index contributed by atoms with van der Waals surface area (Å²) in [7, 11) is 0. The van der Waals surface area contributed by atoms with Crippen molar-refractivity contribution >= 4 is 11.8 Å². The minimum atomic E-state index is -0.134. The largest absolute Gasteiger partial charge is 0.352 e. The monoisotopic (exact) mass is 290 g/mol. The minimum absolute atomic E-state index is 0.121. The molecule has 2 N–H and O–H groups in total. The molecule has 0 fully saturated rings. The van der Waals surface area contributed by atoms with Gasteiger partial charge in [0.2, 0.25) is 0 Å². The number of unbranched alkanes of at least 4 members (excludes halogenated alkanes) is 2. The molecule has 1 aromatic rings. The first-order chi connectivity index (χ1) is 10.1. The topological polar surface area (TPSA) is 58.2 Å². The van der Waals surface area contributed by atoms with Crippen LogP contribution in [0.1, 0.15) is 67.2 Å². The summed E-state index contributed by atoms with van der Waals surface area (Å²) in [4.78, 5) is 24.1. The Kier molecular flexibility index (Phi) is 7.51. The van der Waals surface area contributed by atoms with Gasteiger partial charge in [-0.25, -0.2) is 0 Å². The van der Waals surface area contributed by atoms with Crippen LogP contribution in [-0.4, -0.2) is 24.4 Å². The molecule has 1 rings (SSSR count). The minimum Gasteiger partial charge on any atom is -0.352 e. The fourth-order valence-electron chi connectivity index (χ4n) is 1.89. The van der Waals surface area contributed by atoms with E-state index in [2.05, 4.69) is 17.6 Å². The molecule has 4 heteroatoms. The second-order valence-electron chi connectivity index (χ2n) is 5.33. The molecule has 0 aromatic heterocycles. The molecule has 0 saturated carbocycles.